The van der Waals surface area contributed by atoms with Gasteiger partial charge in [0.1, 0.15) is 0 Å². The van der Waals surface area contributed by atoms with Gasteiger partial charge in [0.15, 0.2) is 0 Å². The van der Waals surface area contributed by atoms with Gasteiger partial charge in [-0.25, -0.2) is 5.84 Å². The summed E-state index contributed by atoms with van der Waals surface area (Å²) in [5, 5.41) is 1.41. The van der Waals surface area contributed by atoms with Crippen molar-refractivity contribution >= 4 is 17.3 Å². The van der Waals surface area contributed by atoms with Gasteiger partial charge in [-0.1, -0.05) is 43.5 Å². The van der Waals surface area contributed by atoms with E-state index in [0.29, 0.717) is 22.5 Å². The van der Waals surface area contributed by atoms with Crippen LogP contribution in [-0.2, 0) is 4.79 Å². The molecule has 1 aliphatic heterocycles. The summed E-state index contributed by atoms with van der Waals surface area (Å²) < 4.78 is 0. The smallest absolute Gasteiger partial charge is 0.259 e. The molecule has 0 bridgehead atoms. The van der Waals surface area contributed by atoms with E-state index in [1.54, 1.807) is 18.0 Å². The summed E-state index contributed by atoms with van der Waals surface area (Å²) in [5.74, 6) is 5.85. The molecule has 4 N–H and O–H groups in total. The van der Waals surface area contributed by atoms with Gasteiger partial charge in [-0.15, -0.1) is 0 Å². The normalized spacial score (nSPS) is 21.2. The predicted octanol–water partition coefficient (Wildman–Crippen LogP) is 2.54. The minimum atomic E-state index is -0.158. The first-order valence-electron chi connectivity index (χ1n) is 7.75. The first-order valence-corrected chi connectivity index (χ1v) is 7.75. The number of hydrogen-bond donors (Lipinski definition) is 2. The van der Waals surface area contributed by atoms with E-state index in [2.05, 4.69) is 13.2 Å². The van der Waals surface area contributed by atoms with Crippen molar-refractivity contribution in [3.8, 4) is 0 Å². The Labute approximate surface area is 143 Å². The number of carbonyl (C=O) groups is 1. The summed E-state index contributed by atoms with van der Waals surface area (Å²) in [7, 11) is 1.68. The van der Waals surface area contributed by atoms with Crippen LogP contribution in [0.4, 0.5) is 5.69 Å². The lowest BCUT2D eigenvalue weighted by atomic mass is 9.94. The van der Waals surface area contributed by atoms with Crippen LogP contribution < -0.4 is 16.5 Å². The van der Waals surface area contributed by atoms with Crippen LogP contribution in [0.2, 0.25) is 0 Å². The molecule has 2 rings (SSSR count). The molecule has 5 nitrogen and oxygen atoms in total. The van der Waals surface area contributed by atoms with Gasteiger partial charge in [0.2, 0.25) is 0 Å². The number of hydrazine groups is 1. The quantitative estimate of drug-likeness (QED) is 0.659. The largest absolute Gasteiger partial charge is 0.396 e. The lowest BCUT2D eigenvalue weighted by molar-refractivity contribution is -0.115. The fourth-order valence-corrected chi connectivity index (χ4v) is 2.96. The summed E-state index contributed by atoms with van der Waals surface area (Å²) in [6.07, 6.45) is 3.12. The van der Waals surface area contributed by atoms with E-state index in [1.807, 2.05) is 38.1 Å². The van der Waals surface area contributed by atoms with Gasteiger partial charge in [-0.3, -0.25) is 4.79 Å². The molecular formula is C19H24N4O. The van der Waals surface area contributed by atoms with Crippen molar-refractivity contribution in [2.75, 3.05) is 11.9 Å². The summed E-state index contributed by atoms with van der Waals surface area (Å²) in [5.41, 5.74) is 9.98. The molecule has 0 saturated carbocycles. The van der Waals surface area contributed by atoms with Crippen LogP contribution in [0.3, 0.4) is 0 Å². The first-order chi connectivity index (χ1) is 11.3. The van der Waals surface area contributed by atoms with E-state index in [1.165, 1.54) is 11.1 Å². The van der Waals surface area contributed by atoms with Gasteiger partial charge >= 0.3 is 0 Å². The Morgan fingerprint density at radius 3 is 2.25 bits per heavy atom. The van der Waals surface area contributed by atoms with Crippen LogP contribution in [0, 0.1) is 0 Å². The monoisotopic (exact) mass is 324 g/mol. The van der Waals surface area contributed by atoms with E-state index >= 15 is 0 Å². The van der Waals surface area contributed by atoms with E-state index in [0.717, 1.165) is 11.3 Å². The number of anilines is 1. The molecule has 1 aromatic rings. The number of fused-ring (bicyclic) bond motifs is 1. The van der Waals surface area contributed by atoms with Gasteiger partial charge in [-0.05, 0) is 19.9 Å². The third-order valence-corrected chi connectivity index (χ3v) is 3.98. The van der Waals surface area contributed by atoms with Crippen LogP contribution in [0.25, 0.3) is 5.70 Å². The van der Waals surface area contributed by atoms with Crippen molar-refractivity contribution in [1.82, 2.24) is 5.01 Å². The molecule has 0 saturated heterocycles. The Balaban J connectivity index is 2.99. The minimum Gasteiger partial charge on any atom is -0.396 e. The third kappa shape index (κ3) is 2.74. The summed E-state index contributed by atoms with van der Waals surface area (Å²) in [4.78, 5) is 14.9. The molecule has 126 valence electrons. The van der Waals surface area contributed by atoms with Crippen molar-refractivity contribution in [3.05, 3.63) is 72.0 Å². The highest BCUT2D eigenvalue weighted by Gasteiger charge is 2.30. The zero-order valence-corrected chi connectivity index (χ0v) is 14.4. The lowest BCUT2D eigenvalue weighted by Gasteiger charge is -2.33. The Morgan fingerprint density at radius 2 is 1.75 bits per heavy atom. The number of nitrogens with zero attached hydrogens (tertiary/aromatic N) is 2. The Morgan fingerprint density at radius 1 is 1.17 bits per heavy atom. The molecule has 24 heavy (non-hydrogen) atoms. The highest BCUT2D eigenvalue weighted by atomic mass is 16.2. The molecule has 0 aromatic heterocycles. The number of para-hydroxylation sites is 1. The van der Waals surface area contributed by atoms with Gasteiger partial charge in [-0.2, -0.15) is 0 Å². The van der Waals surface area contributed by atoms with E-state index in [4.69, 9.17) is 11.6 Å². The van der Waals surface area contributed by atoms with E-state index < -0.39 is 0 Å². The molecule has 1 aliphatic rings. The highest BCUT2D eigenvalue weighted by molar-refractivity contribution is 6.11. The molecule has 0 spiro atoms. The number of rotatable bonds is 4. The summed E-state index contributed by atoms with van der Waals surface area (Å²) in [6, 6.07) is 7.48. The molecule has 0 radical (unpaired) electrons. The zero-order valence-electron chi connectivity index (χ0n) is 14.4. The van der Waals surface area contributed by atoms with Crippen molar-refractivity contribution in [3.63, 3.8) is 0 Å². The second-order valence-corrected chi connectivity index (χ2v) is 5.89. The Kier molecular flexibility index (Phi) is 4.95. The average molecular weight is 324 g/mol. The van der Waals surface area contributed by atoms with Crippen LogP contribution in [0.5, 0.6) is 0 Å². The highest BCUT2D eigenvalue weighted by Crippen LogP contribution is 2.35. The van der Waals surface area contributed by atoms with Crippen molar-refractivity contribution in [2.45, 2.75) is 19.9 Å². The van der Waals surface area contributed by atoms with Crippen molar-refractivity contribution < 1.29 is 4.79 Å². The molecule has 5 heteroatoms. The molecule has 1 amide bonds. The maximum atomic E-state index is 13.2. The van der Waals surface area contributed by atoms with E-state index in [9.17, 15) is 4.79 Å². The van der Waals surface area contributed by atoms with Gasteiger partial charge in [0.25, 0.3) is 5.91 Å². The van der Waals surface area contributed by atoms with Crippen LogP contribution in [0.15, 0.2) is 66.4 Å². The molecular weight excluding hydrogens is 300 g/mol. The molecule has 1 heterocycles. The SMILES string of the molecule is C=C/C1=C(C=C)/C(N(C)N)=C(/N)c2ccccc2N(C(C)C)C1=O. The van der Waals surface area contributed by atoms with Crippen molar-refractivity contribution in [1.29, 1.82) is 0 Å². The van der Waals surface area contributed by atoms with Crippen molar-refractivity contribution in [2.24, 2.45) is 11.6 Å². The Bertz CT molecular complexity index is 756. The third-order valence-electron chi connectivity index (χ3n) is 3.98. The van der Waals surface area contributed by atoms with Crippen LogP contribution in [0.1, 0.15) is 19.4 Å². The predicted molar refractivity (Wildman–Crippen MR) is 99.5 cm³/mol. The number of allylic oxidation sites excluding steroid dienone is 1. The van der Waals surface area contributed by atoms with Gasteiger partial charge < -0.3 is 15.6 Å². The second-order valence-electron chi connectivity index (χ2n) is 5.89. The number of hydrogen-bond acceptors (Lipinski definition) is 4. The minimum absolute atomic E-state index is 0.0513. The van der Waals surface area contributed by atoms with Gasteiger partial charge in [0.05, 0.1) is 17.1 Å². The maximum Gasteiger partial charge on any atom is 0.259 e. The second kappa shape index (κ2) is 6.76. The summed E-state index contributed by atoms with van der Waals surface area (Å²) >= 11 is 0. The molecule has 0 atom stereocenters. The molecule has 0 unspecified atom stereocenters. The molecule has 0 fully saturated rings. The number of nitrogens with two attached hydrogens (primary N) is 2. The first kappa shape index (κ1) is 17.6. The molecule has 0 aliphatic carbocycles. The fourth-order valence-electron chi connectivity index (χ4n) is 2.96. The summed E-state index contributed by atoms with van der Waals surface area (Å²) in [6.45, 7) is 11.5. The fraction of sp³-hybridized carbons (Fsp3) is 0.211. The molecule has 1 aromatic carbocycles. The number of amides is 1. The maximum absolute atomic E-state index is 13.2. The lowest BCUT2D eigenvalue weighted by Crippen LogP contribution is -2.41. The number of carbonyl (C=O) groups excluding carboxylic acids is 1. The Hall–Kier alpha value is -2.79. The topological polar surface area (TPSA) is 75.6 Å². The van der Waals surface area contributed by atoms with Crippen LogP contribution in [-0.4, -0.2) is 24.0 Å². The average Bonchev–Trinajstić information content (AvgIpc) is 2.53. The zero-order chi connectivity index (χ0) is 18.0. The van der Waals surface area contributed by atoms with E-state index in [-0.39, 0.29) is 11.9 Å². The van der Waals surface area contributed by atoms with Crippen LogP contribution >= 0.6 is 0 Å². The number of likely N-dealkylation sites (N-methyl/N-ethyl adjacent to an activating group) is 1. The standard InChI is InChI=1S/C19H24N4O/c1-6-13-14(7-2)19(24)23(12(3)4)16-11-9-8-10-15(16)17(20)18(13)22(5)21/h6-12H,1-2,20-21H2,3-5H3/b14-13-,18-17-. The van der Waals surface area contributed by atoms with Gasteiger partial charge in [0, 0.05) is 29.8 Å². The number of benzene rings is 1.